The summed E-state index contributed by atoms with van der Waals surface area (Å²) in [6.07, 6.45) is 3.16. The second-order valence-electron chi connectivity index (χ2n) is 6.98. The van der Waals surface area contributed by atoms with Crippen molar-refractivity contribution in [1.29, 1.82) is 0 Å². The number of fused-ring (bicyclic) bond motifs is 1. The lowest BCUT2D eigenvalue weighted by molar-refractivity contribution is 0.169. The number of hydrogen-bond donors (Lipinski definition) is 0. The molecule has 3 fully saturated rings. The fourth-order valence-electron chi connectivity index (χ4n) is 4.28. The smallest absolute Gasteiger partial charge is 0.0543 e. The molecule has 4 heteroatoms. The minimum atomic E-state index is 0.786. The molecule has 0 N–H and O–H groups in total. The van der Waals surface area contributed by atoms with Gasteiger partial charge in [-0.15, -0.1) is 0 Å². The van der Waals surface area contributed by atoms with Crippen molar-refractivity contribution in [2.45, 2.75) is 13.0 Å². The predicted molar refractivity (Wildman–Crippen MR) is 81.9 cm³/mol. The van der Waals surface area contributed by atoms with E-state index in [2.05, 4.69) is 26.9 Å². The summed E-state index contributed by atoms with van der Waals surface area (Å²) in [6.45, 7) is 9.32. The van der Waals surface area contributed by atoms with E-state index in [4.69, 9.17) is 4.74 Å². The Labute approximate surface area is 127 Å². The maximum atomic E-state index is 5.50. The Morgan fingerprint density at radius 3 is 2.57 bits per heavy atom. The zero-order valence-electron chi connectivity index (χ0n) is 12.7. The van der Waals surface area contributed by atoms with Crippen molar-refractivity contribution in [2.75, 3.05) is 45.9 Å². The number of hydrogen-bond acceptors (Lipinski definition) is 4. The summed E-state index contributed by atoms with van der Waals surface area (Å²) in [5.41, 5.74) is 1.21. The minimum Gasteiger partial charge on any atom is -0.381 e. The van der Waals surface area contributed by atoms with Gasteiger partial charge >= 0.3 is 0 Å². The molecule has 0 bridgehead atoms. The minimum absolute atomic E-state index is 0.786. The zero-order valence-corrected chi connectivity index (χ0v) is 12.7. The average molecular weight is 287 g/mol. The van der Waals surface area contributed by atoms with Gasteiger partial charge in [-0.3, -0.25) is 9.88 Å². The van der Waals surface area contributed by atoms with Crippen molar-refractivity contribution < 1.29 is 4.74 Å². The molecule has 3 saturated heterocycles. The molecule has 3 atom stereocenters. The van der Waals surface area contributed by atoms with E-state index in [-0.39, 0.29) is 0 Å². The number of nitrogens with zero attached hydrogens (tertiary/aromatic N) is 3. The zero-order chi connectivity index (χ0) is 14.1. The highest BCUT2D eigenvalue weighted by molar-refractivity contribution is 5.04. The summed E-state index contributed by atoms with van der Waals surface area (Å²) in [4.78, 5) is 9.73. The van der Waals surface area contributed by atoms with Crippen LogP contribution in [0.25, 0.3) is 0 Å². The second kappa shape index (κ2) is 6.03. The van der Waals surface area contributed by atoms with Crippen LogP contribution in [0.2, 0.25) is 0 Å². The molecule has 1 aromatic rings. The SMILES string of the molecule is c1ccc(CN2C[C@@H]3CN(CC4CCOC4)C[C@@H]3C2)nc1. The van der Waals surface area contributed by atoms with Gasteiger partial charge in [0.05, 0.1) is 12.3 Å². The molecule has 0 amide bonds. The molecule has 3 aliphatic heterocycles. The fraction of sp³-hybridized carbons (Fsp3) is 0.706. The van der Waals surface area contributed by atoms with Crippen LogP contribution in [0, 0.1) is 17.8 Å². The molecule has 4 rings (SSSR count). The lowest BCUT2D eigenvalue weighted by Gasteiger charge is -2.23. The number of rotatable bonds is 4. The van der Waals surface area contributed by atoms with Crippen LogP contribution in [-0.4, -0.2) is 60.7 Å². The number of pyridine rings is 1. The topological polar surface area (TPSA) is 28.6 Å². The van der Waals surface area contributed by atoms with Crippen molar-refractivity contribution in [2.24, 2.45) is 17.8 Å². The van der Waals surface area contributed by atoms with Crippen LogP contribution >= 0.6 is 0 Å². The third kappa shape index (κ3) is 3.12. The molecular formula is C17H25N3O. The first-order chi connectivity index (χ1) is 10.4. The molecule has 4 nitrogen and oxygen atoms in total. The van der Waals surface area contributed by atoms with Crippen molar-refractivity contribution in [1.82, 2.24) is 14.8 Å². The first kappa shape index (κ1) is 13.7. The van der Waals surface area contributed by atoms with Crippen LogP contribution in [-0.2, 0) is 11.3 Å². The summed E-state index contributed by atoms with van der Waals surface area (Å²) in [5, 5.41) is 0. The molecule has 0 radical (unpaired) electrons. The van der Waals surface area contributed by atoms with Gasteiger partial charge in [-0.05, 0) is 36.3 Å². The standard InChI is InChI=1S/C17H25N3O/c1-2-5-18-17(3-1)12-20-10-15-8-19(9-16(15)11-20)7-14-4-6-21-13-14/h1-3,5,14-16H,4,6-13H2/t14?,15-,16+. The van der Waals surface area contributed by atoms with Gasteiger partial charge in [0.25, 0.3) is 0 Å². The Balaban J connectivity index is 1.27. The van der Waals surface area contributed by atoms with E-state index in [0.29, 0.717) is 0 Å². The van der Waals surface area contributed by atoms with Gasteiger partial charge in [-0.2, -0.15) is 0 Å². The van der Waals surface area contributed by atoms with Crippen molar-refractivity contribution in [3.05, 3.63) is 30.1 Å². The van der Waals surface area contributed by atoms with Gasteiger partial charge < -0.3 is 9.64 Å². The first-order valence-electron chi connectivity index (χ1n) is 8.29. The van der Waals surface area contributed by atoms with Crippen molar-refractivity contribution in [3.63, 3.8) is 0 Å². The third-order valence-electron chi connectivity index (χ3n) is 5.29. The highest BCUT2D eigenvalue weighted by Gasteiger charge is 2.40. The normalized spacial score (nSPS) is 33.6. The molecule has 0 aliphatic carbocycles. The van der Waals surface area contributed by atoms with Crippen LogP contribution in [0.1, 0.15) is 12.1 Å². The fourth-order valence-corrected chi connectivity index (χ4v) is 4.28. The number of ether oxygens (including phenoxy) is 1. The largest absolute Gasteiger partial charge is 0.381 e. The Bertz CT molecular complexity index is 446. The summed E-state index contributed by atoms with van der Waals surface area (Å²) in [7, 11) is 0. The predicted octanol–water partition coefficient (Wildman–Crippen LogP) is 1.48. The van der Waals surface area contributed by atoms with Crippen LogP contribution in [0.4, 0.5) is 0 Å². The highest BCUT2D eigenvalue weighted by Crippen LogP contribution is 2.32. The quantitative estimate of drug-likeness (QED) is 0.839. The lowest BCUT2D eigenvalue weighted by Crippen LogP contribution is -2.32. The van der Waals surface area contributed by atoms with E-state index in [9.17, 15) is 0 Å². The van der Waals surface area contributed by atoms with Crippen LogP contribution < -0.4 is 0 Å². The molecule has 0 aromatic carbocycles. The maximum Gasteiger partial charge on any atom is 0.0543 e. The van der Waals surface area contributed by atoms with E-state index < -0.39 is 0 Å². The molecule has 21 heavy (non-hydrogen) atoms. The van der Waals surface area contributed by atoms with Gasteiger partial charge in [-0.25, -0.2) is 0 Å². The number of likely N-dealkylation sites (tertiary alicyclic amines) is 2. The average Bonchev–Trinajstić information content (AvgIpc) is 3.17. The van der Waals surface area contributed by atoms with Gasteiger partial charge in [0, 0.05) is 52.1 Å². The van der Waals surface area contributed by atoms with Crippen LogP contribution in [0.15, 0.2) is 24.4 Å². The van der Waals surface area contributed by atoms with E-state index >= 15 is 0 Å². The Hall–Kier alpha value is -0.970. The van der Waals surface area contributed by atoms with Crippen LogP contribution in [0.3, 0.4) is 0 Å². The van der Waals surface area contributed by atoms with E-state index in [1.165, 1.54) is 44.8 Å². The first-order valence-corrected chi connectivity index (χ1v) is 8.29. The Morgan fingerprint density at radius 2 is 1.90 bits per heavy atom. The van der Waals surface area contributed by atoms with Gasteiger partial charge in [0.2, 0.25) is 0 Å². The van der Waals surface area contributed by atoms with Crippen LogP contribution in [0.5, 0.6) is 0 Å². The summed E-state index contributed by atoms with van der Waals surface area (Å²) in [5.74, 6) is 2.53. The molecule has 114 valence electrons. The maximum absolute atomic E-state index is 5.50. The van der Waals surface area contributed by atoms with Gasteiger partial charge in [0.15, 0.2) is 0 Å². The molecule has 1 aromatic heterocycles. The van der Waals surface area contributed by atoms with Gasteiger partial charge in [-0.1, -0.05) is 6.07 Å². The van der Waals surface area contributed by atoms with Gasteiger partial charge in [0.1, 0.15) is 0 Å². The monoisotopic (exact) mass is 287 g/mol. The summed E-state index contributed by atoms with van der Waals surface area (Å²) >= 11 is 0. The molecule has 4 heterocycles. The van der Waals surface area contributed by atoms with Crippen molar-refractivity contribution >= 4 is 0 Å². The van der Waals surface area contributed by atoms with E-state index in [1.807, 2.05) is 12.3 Å². The third-order valence-corrected chi connectivity index (χ3v) is 5.29. The summed E-state index contributed by atoms with van der Waals surface area (Å²) < 4.78 is 5.50. The van der Waals surface area contributed by atoms with E-state index in [1.54, 1.807) is 0 Å². The molecular weight excluding hydrogens is 262 g/mol. The number of aromatic nitrogens is 1. The molecule has 3 aliphatic rings. The Morgan fingerprint density at radius 1 is 1.10 bits per heavy atom. The molecule has 1 unspecified atom stereocenters. The van der Waals surface area contributed by atoms with E-state index in [0.717, 1.165) is 37.5 Å². The summed E-state index contributed by atoms with van der Waals surface area (Å²) in [6, 6.07) is 6.22. The molecule has 0 spiro atoms. The molecule has 0 saturated carbocycles. The Kier molecular flexibility index (Phi) is 3.93. The highest BCUT2D eigenvalue weighted by atomic mass is 16.5. The van der Waals surface area contributed by atoms with Crippen molar-refractivity contribution in [3.8, 4) is 0 Å². The lowest BCUT2D eigenvalue weighted by atomic mass is 10.0. The second-order valence-corrected chi connectivity index (χ2v) is 6.98.